The van der Waals surface area contributed by atoms with Gasteiger partial charge in [-0.1, -0.05) is 18.2 Å². The molecular weight excluding hydrogens is 303 g/mol. The Balaban J connectivity index is 1.65. The number of anilines is 1. The fourth-order valence-corrected chi connectivity index (χ4v) is 3.02. The zero-order valence-electron chi connectivity index (χ0n) is 13.6. The molecule has 0 bridgehead atoms. The molecule has 5 heteroatoms. The Morgan fingerprint density at radius 2 is 2.08 bits per heavy atom. The molecule has 24 heavy (non-hydrogen) atoms. The molecule has 1 saturated heterocycles. The van der Waals surface area contributed by atoms with Crippen molar-refractivity contribution >= 4 is 5.82 Å². The first kappa shape index (κ1) is 16.4. The van der Waals surface area contributed by atoms with Crippen LogP contribution in [0.5, 0.6) is 0 Å². The van der Waals surface area contributed by atoms with E-state index in [2.05, 4.69) is 21.7 Å². The van der Waals surface area contributed by atoms with Crippen molar-refractivity contribution in [1.82, 2.24) is 10.3 Å². The molecule has 3 rings (SSSR count). The van der Waals surface area contributed by atoms with E-state index in [9.17, 15) is 4.39 Å². The Morgan fingerprint density at radius 3 is 2.83 bits per heavy atom. The van der Waals surface area contributed by atoms with Crippen molar-refractivity contribution in [1.29, 1.82) is 5.26 Å². The first-order chi connectivity index (χ1) is 11.8. The van der Waals surface area contributed by atoms with Gasteiger partial charge >= 0.3 is 0 Å². The molecule has 2 N–H and O–H groups in total. The fraction of sp³-hybridized carbons (Fsp3) is 0.368. The zero-order chi connectivity index (χ0) is 16.8. The van der Waals surface area contributed by atoms with Gasteiger partial charge < -0.3 is 10.6 Å². The Morgan fingerprint density at radius 1 is 1.25 bits per heavy atom. The van der Waals surface area contributed by atoms with Crippen LogP contribution in [0.15, 0.2) is 36.4 Å². The van der Waals surface area contributed by atoms with Gasteiger partial charge in [-0.05, 0) is 49.7 Å². The number of piperidine rings is 1. The van der Waals surface area contributed by atoms with Crippen LogP contribution in [-0.4, -0.2) is 18.1 Å². The highest BCUT2D eigenvalue weighted by Gasteiger charge is 2.16. The van der Waals surface area contributed by atoms with Gasteiger partial charge in [0.05, 0.1) is 12.5 Å². The minimum Gasteiger partial charge on any atom is -0.366 e. The molecule has 1 aliphatic rings. The average molecular weight is 324 g/mol. The van der Waals surface area contributed by atoms with E-state index in [1.165, 1.54) is 6.07 Å². The summed E-state index contributed by atoms with van der Waals surface area (Å²) in [5.41, 5.74) is 2.38. The van der Waals surface area contributed by atoms with Crippen molar-refractivity contribution in [3.63, 3.8) is 0 Å². The van der Waals surface area contributed by atoms with E-state index in [-0.39, 0.29) is 12.2 Å². The van der Waals surface area contributed by atoms with Crippen LogP contribution in [0.2, 0.25) is 0 Å². The number of hydrogen-bond donors (Lipinski definition) is 2. The smallest absolute Gasteiger partial charge is 0.128 e. The minimum atomic E-state index is -0.287. The minimum absolute atomic E-state index is 0.227. The van der Waals surface area contributed by atoms with E-state index in [0.717, 1.165) is 37.4 Å². The van der Waals surface area contributed by atoms with Crippen molar-refractivity contribution < 1.29 is 4.39 Å². The van der Waals surface area contributed by atoms with E-state index in [1.807, 2.05) is 18.2 Å². The molecule has 2 heterocycles. The molecule has 0 radical (unpaired) electrons. The lowest BCUT2D eigenvalue weighted by atomic mass is 9.94. The molecule has 124 valence electrons. The van der Waals surface area contributed by atoms with E-state index in [0.29, 0.717) is 23.6 Å². The third-order valence-corrected chi connectivity index (χ3v) is 4.39. The number of halogens is 1. The number of hydrogen-bond acceptors (Lipinski definition) is 4. The zero-order valence-corrected chi connectivity index (χ0v) is 13.6. The van der Waals surface area contributed by atoms with E-state index >= 15 is 0 Å². The molecule has 1 fully saturated rings. The molecular formula is C19H21FN4. The SMILES string of the molecule is N#CCc1ccc(CNc2cccc(C3CCNCC3)n2)c(F)c1. The number of rotatable bonds is 5. The van der Waals surface area contributed by atoms with E-state index in [1.54, 1.807) is 12.1 Å². The van der Waals surface area contributed by atoms with Gasteiger partial charge in [-0.15, -0.1) is 0 Å². The maximum atomic E-state index is 14.1. The van der Waals surface area contributed by atoms with E-state index in [4.69, 9.17) is 5.26 Å². The first-order valence-corrected chi connectivity index (χ1v) is 8.32. The maximum Gasteiger partial charge on any atom is 0.128 e. The second-order valence-corrected chi connectivity index (χ2v) is 6.09. The molecule has 1 aliphatic heterocycles. The Kier molecular flexibility index (Phi) is 5.39. The van der Waals surface area contributed by atoms with Crippen LogP contribution in [0, 0.1) is 17.1 Å². The van der Waals surface area contributed by atoms with Gasteiger partial charge in [0, 0.05) is 23.7 Å². The molecule has 0 atom stereocenters. The summed E-state index contributed by atoms with van der Waals surface area (Å²) in [6, 6.07) is 13.0. The van der Waals surface area contributed by atoms with Gasteiger partial charge in [0.1, 0.15) is 11.6 Å². The van der Waals surface area contributed by atoms with Crippen LogP contribution in [0.3, 0.4) is 0 Å². The number of nitriles is 1. The summed E-state index contributed by atoms with van der Waals surface area (Å²) in [5, 5.41) is 15.2. The highest BCUT2D eigenvalue weighted by molar-refractivity contribution is 5.38. The summed E-state index contributed by atoms with van der Waals surface area (Å²) in [5.74, 6) is 0.978. The van der Waals surface area contributed by atoms with Crippen LogP contribution in [0.25, 0.3) is 0 Å². The summed E-state index contributed by atoms with van der Waals surface area (Å²) in [7, 11) is 0. The number of nitrogens with one attached hydrogen (secondary N) is 2. The van der Waals surface area contributed by atoms with Gasteiger partial charge in [-0.2, -0.15) is 5.26 Å². The summed E-state index contributed by atoms with van der Waals surface area (Å²) in [6.07, 6.45) is 2.43. The Labute approximate surface area is 141 Å². The molecule has 0 saturated carbocycles. The summed E-state index contributed by atoms with van der Waals surface area (Å²) in [4.78, 5) is 4.68. The van der Waals surface area contributed by atoms with Crippen molar-refractivity contribution in [2.45, 2.75) is 31.7 Å². The predicted octanol–water partition coefficient (Wildman–Crippen LogP) is 3.37. The summed E-state index contributed by atoms with van der Waals surface area (Å²) in [6.45, 7) is 2.44. The third-order valence-electron chi connectivity index (χ3n) is 4.39. The fourth-order valence-electron chi connectivity index (χ4n) is 3.02. The van der Waals surface area contributed by atoms with Crippen LogP contribution in [0.4, 0.5) is 10.2 Å². The maximum absolute atomic E-state index is 14.1. The molecule has 4 nitrogen and oxygen atoms in total. The highest BCUT2D eigenvalue weighted by atomic mass is 19.1. The quantitative estimate of drug-likeness (QED) is 0.885. The average Bonchev–Trinajstić information content (AvgIpc) is 2.62. The summed E-state index contributed by atoms with van der Waals surface area (Å²) >= 11 is 0. The summed E-state index contributed by atoms with van der Waals surface area (Å²) < 4.78 is 14.1. The highest BCUT2D eigenvalue weighted by Crippen LogP contribution is 2.24. The Hall–Kier alpha value is -2.45. The van der Waals surface area contributed by atoms with Crippen LogP contribution in [-0.2, 0) is 13.0 Å². The predicted molar refractivity (Wildman–Crippen MR) is 92.1 cm³/mol. The largest absolute Gasteiger partial charge is 0.366 e. The molecule has 2 aromatic rings. The number of benzene rings is 1. The molecule has 0 amide bonds. The molecule has 0 unspecified atom stereocenters. The standard InChI is InChI=1S/C19H21FN4/c20-17-12-14(6-9-21)4-5-16(17)13-23-19-3-1-2-18(24-19)15-7-10-22-11-8-15/h1-5,12,15,22H,6-8,10-11,13H2,(H,23,24). The van der Waals surface area contributed by atoms with Crippen molar-refractivity contribution in [2.75, 3.05) is 18.4 Å². The molecule has 0 aliphatic carbocycles. The van der Waals surface area contributed by atoms with Gasteiger partial charge in [-0.25, -0.2) is 9.37 Å². The van der Waals surface area contributed by atoms with Gasteiger partial charge in [-0.3, -0.25) is 0 Å². The van der Waals surface area contributed by atoms with Crippen LogP contribution in [0.1, 0.15) is 35.6 Å². The molecule has 0 spiro atoms. The van der Waals surface area contributed by atoms with Crippen LogP contribution >= 0.6 is 0 Å². The normalized spacial score (nSPS) is 15.0. The molecule has 1 aromatic carbocycles. The number of pyridine rings is 1. The van der Waals surface area contributed by atoms with Crippen molar-refractivity contribution in [2.24, 2.45) is 0 Å². The molecule has 1 aromatic heterocycles. The second kappa shape index (κ2) is 7.89. The lowest BCUT2D eigenvalue weighted by Crippen LogP contribution is -2.27. The number of nitrogens with zero attached hydrogens (tertiary/aromatic N) is 2. The lowest BCUT2D eigenvalue weighted by Gasteiger charge is -2.22. The first-order valence-electron chi connectivity index (χ1n) is 8.32. The lowest BCUT2D eigenvalue weighted by molar-refractivity contribution is 0.453. The van der Waals surface area contributed by atoms with Gasteiger partial charge in [0.15, 0.2) is 0 Å². The van der Waals surface area contributed by atoms with Crippen LogP contribution < -0.4 is 10.6 Å². The monoisotopic (exact) mass is 324 g/mol. The Bertz CT molecular complexity index is 732. The number of aromatic nitrogens is 1. The van der Waals surface area contributed by atoms with Crippen molar-refractivity contribution in [3.05, 3.63) is 59.0 Å². The van der Waals surface area contributed by atoms with Crippen molar-refractivity contribution in [3.8, 4) is 6.07 Å². The third kappa shape index (κ3) is 4.09. The van der Waals surface area contributed by atoms with Gasteiger partial charge in [0.2, 0.25) is 0 Å². The van der Waals surface area contributed by atoms with Gasteiger partial charge in [0.25, 0.3) is 0 Å². The van der Waals surface area contributed by atoms with E-state index < -0.39 is 0 Å². The topological polar surface area (TPSA) is 60.7 Å². The second-order valence-electron chi connectivity index (χ2n) is 6.09.